The summed E-state index contributed by atoms with van der Waals surface area (Å²) in [7, 11) is 0. The Morgan fingerprint density at radius 2 is 1.85 bits per heavy atom. The Morgan fingerprint density at radius 3 is 2.52 bits per heavy atom. The maximum Gasteiger partial charge on any atom is 0.419 e. The first kappa shape index (κ1) is 24.2. The van der Waals surface area contributed by atoms with Crippen LogP contribution in [0.3, 0.4) is 0 Å². The Morgan fingerprint density at radius 1 is 1.15 bits per heavy atom. The molecule has 2 aromatic rings. The number of anilines is 2. The van der Waals surface area contributed by atoms with E-state index in [4.69, 9.17) is 9.84 Å². The average Bonchev–Trinajstić information content (AvgIpc) is 2.79. The molecule has 0 saturated carbocycles. The molecule has 1 aliphatic rings. The molecule has 2 unspecified atom stereocenters. The molecule has 9 nitrogen and oxygen atoms in total. The molecule has 1 aliphatic heterocycles. The number of carboxylic acids is 1. The Labute approximate surface area is 193 Å². The summed E-state index contributed by atoms with van der Waals surface area (Å²) in [5.41, 5.74) is 1.09. The molecule has 0 bridgehead atoms. The lowest BCUT2D eigenvalue weighted by atomic mass is 10.0. The van der Waals surface area contributed by atoms with Gasteiger partial charge in [-0.1, -0.05) is 37.7 Å². The van der Waals surface area contributed by atoms with Gasteiger partial charge in [0.15, 0.2) is 11.9 Å². The molecule has 2 heterocycles. The van der Waals surface area contributed by atoms with Crippen LogP contribution in [-0.4, -0.2) is 52.7 Å². The van der Waals surface area contributed by atoms with Crippen molar-refractivity contribution in [1.82, 2.24) is 10.3 Å². The fraction of sp³-hybridized carbons (Fsp3) is 0.318. The molecule has 11 heteroatoms. The number of benzene rings is 1. The van der Waals surface area contributed by atoms with E-state index in [0.29, 0.717) is 16.3 Å². The zero-order valence-electron chi connectivity index (χ0n) is 17.9. The highest BCUT2D eigenvalue weighted by Gasteiger charge is 2.35. The number of nitrogens with zero attached hydrogens (tertiary/aromatic N) is 2. The van der Waals surface area contributed by atoms with Crippen molar-refractivity contribution in [3.05, 3.63) is 42.7 Å². The number of carboxylic acid groups (broad SMARTS) is 1. The molecule has 1 aromatic carbocycles. The van der Waals surface area contributed by atoms with Crippen LogP contribution in [0, 0.1) is 5.92 Å². The van der Waals surface area contributed by atoms with Gasteiger partial charge in [-0.15, -0.1) is 0 Å². The van der Waals surface area contributed by atoms with Crippen LogP contribution < -0.4 is 10.2 Å². The zero-order valence-corrected chi connectivity index (χ0v) is 18.7. The van der Waals surface area contributed by atoms with Crippen molar-refractivity contribution in [2.24, 2.45) is 5.92 Å². The number of nitrogens with one attached hydrogen (secondary N) is 1. The van der Waals surface area contributed by atoms with Crippen LogP contribution in [-0.2, 0) is 19.1 Å². The van der Waals surface area contributed by atoms with E-state index in [-0.39, 0.29) is 0 Å². The number of carbonyl (C=O) groups is 4. The molecule has 0 radical (unpaired) electrons. The van der Waals surface area contributed by atoms with Crippen molar-refractivity contribution in [2.75, 3.05) is 11.6 Å². The summed E-state index contributed by atoms with van der Waals surface area (Å²) >= 11 is 1.44. The quantitative estimate of drug-likeness (QED) is 0.595. The average molecular weight is 475 g/mol. The number of Topliss-reactive ketones (excluding diaryl/α,β-unsaturated/α-hetero) is 1. The molecule has 0 fully saturated rings. The smallest absolute Gasteiger partial charge is 0.419 e. The summed E-state index contributed by atoms with van der Waals surface area (Å²) in [6, 6.07) is 7.23. The molecule has 2 amide bonds. The standard InChI is InChI=1S/C22H22FN3O6S/c1-12(2)20(21(30)25-13(9-19(28)29)16(27)10-23)32-22(31)26-14-5-3-4-6-17(14)33-18-11-24-8-7-15(18)26/h3-8,11-13,20H,9-10H2,1-2H3,(H,25,30)(H,28,29). The predicted molar refractivity (Wildman–Crippen MR) is 117 cm³/mol. The topological polar surface area (TPSA) is 126 Å². The highest BCUT2D eigenvalue weighted by atomic mass is 32.2. The van der Waals surface area contributed by atoms with E-state index in [1.807, 2.05) is 12.1 Å². The number of fused-ring (bicyclic) bond motifs is 2. The van der Waals surface area contributed by atoms with Crippen molar-refractivity contribution in [1.29, 1.82) is 0 Å². The second kappa shape index (κ2) is 10.4. The van der Waals surface area contributed by atoms with Crippen molar-refractivity contribution in [3.63, 3.8) is 0 Å². The van der Waals surface area contributed by atoms with E-state index >= 15 is 0 Å². The van der Waals surface area contributed by atoms with Crippen LogP contribution in [0.4, 0.5) is 20.6 Å². The van der Waals surface area contributed by atoms with Crippen molar-refractivity contribution >= 4 is 46.9 Å². The van der Waals surface area contributed by atoms with Gasteiger partial charge in [-0.05, 0) is 24.1 Å². The normalized spacial score (nSPS) is 14.0. The number of pyridine rings is 1. The van der Waals surface area contributed by atoms with Crippen molar-refractivity contribution in [2.45, 2.75) is 42.2 Å². The van der Waals surface area contributed by atoms with Crippen LogP contribution in [0.1, 0.15) is 20.3 Å². The highest BCUT2D eigenvalue weighted by molar-refractivity contribution is 7.99. The number of aliphatic carboxylic acids is 1. The molecule has 0 saturated heterocycles. The Kier molecular flexibility index (Phi) is 7.64. The largest absolute Gasteiger partial charge is 0.481 e. The van der Waals surface area contributed by atoms with Gasteiger partial charge in [-0.25, -0.2) is 14.1 Å². The first-order valence-electron chi connectivity index (χ1n) is 10.1. The van der Waals surface area contributed by atoms with Crippen LogP contribution in [0.15, 0.2) is 52.5 Å². The Hall–Kier alpha value is -3.47. The number of hydrogen-bond donors (Lipinski definition) is 2. The zero-order chi connectivity index (χ0) is 24.1. The van der Waals surface area contributed by atoms with E-state index in [0.717, 1.165) is 4.90 Å². The molecular formula is C22H22FN3O6S. The number of rotatable bonds is 8. The lowest BCUT2D eigenvalue weighted by Gasteiger charge is -2.32. The van der Waals surface area contributed by atoms with Gasteiger partial charge in [0.25, 0.3) is 5.91 Å². The number of halogens is 1. The summed E-state index contributed by atoms with van der Waals surface area (Å²) < 4.78 is 18.4. The number of ether oxygens (including phenoxy) is 1. The molecule has 0 aliphatic carbocycles. The number of amides is 2. The van der Waals surface area contributed by atoms with Gasteiger partial charge >= 0.3 is 12.1 Å². The molecule has 2 N–H and O–H groups in total. The van der Waals surface area contributed by atoms with Crippen molar-refractivity contribution < 1.29 is 33.4 Å². The van der Waals surface area contributed by atoms with Gasteiger partial charge in [-0.3, -0.25) is 19.4 Å². The summed E-state index contributed by atoms with van der Waals surface area (Å²) in [5, 5.41) is 11.2. The van der Waals surface area contributed by atoms with E-state index in [9.17, 15) is 23.6 Å². The minimum atomic E-state index is -1.57. The van der Waals surface area contributed by atoms with Gasteiger partial charge < -0.3 is 15.2 Å². The third-order valence-corrected chi connectivity index (χ3v) is 5.92. The molecule has 174 valence electrons. The third kappa shape index (κ3) is 5.48. The maximum atomic E-state index is 13.3. The fourth-order valence-electron chi connectivity index (χ4n) is 3.23. The minimum Gasteiger partial charge on any atom is -0.481 e. The first-order valence-corrected chi connectivity index (χ1v) is 10.9. The van der Waals surface area contributed by atoms with Crippen LogP contribution in [0.2, 0.25) is 0 Å². The SMILES string of the molecule is CC(C)C(OC(=O)N1c2ccccc2Sc2cnccc21)C(=O)NC(CC(=O)O)C(=O)CF. The second-order valence-corrected chi connectivity index (χ2v) is 8.64. The summed E-state index contributed by atoms with van der Waals surface area (Å²) in [6.07, 6.45) is 0.162. The number of aromatic nitrogens is 1. The van der Waals surface area contributed by atoms with Crippen molar-refractivity contribution in [3.8, 4) is 0 Å². The molecule has 1 aromatic heterocycles. The highest BCUT2D eigenvalue weighted by Crippen LogP contribution is 2.47. The molecule has 3 rings (SSSR count). The second-order valence-electron chi connectivity index (χ2n) is 7.56. The fourth-order valence-corrected chi connectivity index (χ4v) is 4.25. The molecule has 2 atom stereocenters. The lowest BCUT2D eigenvalue weighted by molar-refractivity contribution is -0.141. The summed E-state index contributed by atoms with van der Waals surface area (Å²) in [5.74, 6) is -3.87. The summed E-state index contributed by atoms with van der Waals surface area (Å²) in [6.45, 7) is 1.81. The molecular weight excluding hydrogens is 453 g/mol. The number of alkyl halides is 1. The van der Waals surface area contributed by atoms with E-state index in [1.54, 1.807) is 38.2 Å². The minimum absolute atomic E-state index is 0.522. The Bertz CT molecular complexity index is 1030. The van der Waals surface area contributed by atoms with E-state index in [2.05, 4.69) is 10.3 Å². The van der Waals surface area contributed by atoms with Crippen LogP contribution >= 0.6 is 11.8 Å². The maximum absolute atomic E-state index is 13.3. The van der Waals surface area contributed by atoms with Crippen LogP contribution in [0.25, 0.3) is 0 Å². The van der Waals surface area contributed by atoms with Gasteiger partial charge in [-0.2, -0.15) is 0 Å². The van der Waals surface area contributed by atoms with E-state index in [1.165, 1.54) is 22.9 Å². The van der Waals surface area contributed by atoms with Crippen LogP contribution in [0.5, 0.6) is 0 Å². The molecule has 33 heavy (non-hydrogen) atoms. The predicted octanol–water partition coefficient (Wildman–Crippen LogP) is 3.34. The van der Waals surface area contributed by atoms with Gasteiger partial charge in [0.1, 0.15) is 12.7 Å². The molecule has 0 spiro atoms. The van der Waals surface area contributed by atoms with Gasteiger partial charge in [0, 0.05) is 17.3 Å². The first-order chi connectivity index (χ1) is 15.7. The number of ketones is 1. The lowest BCUT2D eigenvalue weighted by Crippen LogP contribution is -2.50. The number of hydrogen-bond acceptors (Lipinski definition) is 7. The number of para-hydroxylation sites is 1. The Balaban J connectivity index is 1.86. The number of carbonyl (C=O) groups excluding carboxylic acids is 3. The van der Waals surface area contributed by atoms with Gasteiger partial charge in [0.2, 0.25) is 0 Å². The van der Waals surface area contributed by atoms with E-state index < -0.39 is 54.9 Å². The monoisotopic (exact) mass is 475 g/mol. The van der Waals surface area contributed by atoms with Gasteiger partial charge in [0.05, 0.1) is 22.7 Å². The summed E-state index contributed by atoms with van der Waals surface area (Å²) in [4.78, 5) is 55.8. The third-order valence-electron chi connectivity index (χ3n) is 4.82.